The number of anilines is 1. The minimum Gasteiger partial charge on any atom is -0.385 e. The molecule has 0 atom stereocenters. The molecule has 0 unspecified atom stereocenters. The summed E-state index contributed by atoms with van der Waals surface area (Å²) in [7, 11) is 0. The van der Waals surface area contributed by atoms with Gasteiger partial charge in [0.15, 0.2) is 0 Å². The number of aryl methyl sites for hydroxylation is 1. The van der Waals surface area contributed by atoms with E-state index in [4.69, 9.17) is 0 Å². The maximum atomic E-state index is 12.1. The number of hydrogen-bond donors (Lipinski definition) is 2. The van der Waals surface area contributed by atoms with Crippen LogP contribution in [0.1, 0.15) is 27.0 Å². The van der Waals surface area contributed by atoms with Gasteiger partial charge in [0.25, 0.3) is 5.91 Å². The Kier molecular flexibility index (Phi) is 4.52. The summed E-state index contributed by atoms with van der Waals surface area (Å²) in [5.41, 5.74) is 1.40. The standard InChI is InChI=1S/C14H17N3OS/c1-3-16-13-6-7-15-9-12(13)14(18)17-8-11-5-4-10(2)19-11/h4-7,9H,3,8H2,1-2H3,(H,15,16)(H,17,18). The van der Waals surface area contributed by atoms with E-state index in [-0.39, 0.29) is 5.91 Å². The molecule has 0 saturated heterocycles. The summed E-state index contributed by atoms with van der Waals surface area (Å²) in [6.45, 7) is 5.38. The van der Waals surface area contributed by atoms with Crippen LogP contribution in [0.3, 0.4) is 0 Å². The topological polar surface area (TPSA) is 54.0 Å². The van der Waals surface area contributed by atoms with Crippen molar-refractivity contribution in [3.05, 3.63) is 45.9 Å². The minimum absolute atomic E-state index is 0.102. The van der Waals surface area contributed by atoms with Crippen LogP contribution >= 0.6 is 11.3 Å². The van der Waals surface area contributed by atoms with Crippen LogP contribution in [-0.4, -0.2) is 17.4 Å². The van der Waals surface area contributed by atoms with Crippen molar-refractivity contribution in [3.63, 3.8) is 0 Å². The molecule has 0 aliphatic rings. The molecule has 100 valence electrons. The highest BCUT2D eigenvalue weighted by Crippen LogP contribution is 2.16. The number of nitrogens with zero attached hydrogens (tertiary/aromatic N) is 1. The first-order chi connectivity index (χ1) is 9.20. The molecule has 0 spiro atoms. The van der Waals surface area contributed by atoms with E-state index in [1.54, 1.807) is 23.7 Å². The zero-order valence-electron chi connectivity index (χ0n) is 11.1. The van der Waals surface area contributed by atoms with Crippen LogP contribution in [0, 0.1) is 6.92 Å². The first kappa shape index (κ1) is 13.5. The van der Waals surface area contributed by atoms with Crippen molar-refractivity contribution in [2.24, 2.45) is 0 Å². The van der Waals surface area contributed by atoms with Crippen molar-refractivity contribution in [2.75, 3.05) is 11.9 Å². The molecule has 2 rings (SSSR count). The van der Waals surface area contributed by atoms with Crippen LogP contribution in [0.2, 0.25) is 0 Å². The summed E-state index contributed by atoms with van der Waals surface area (Å²) in [6.07, 6.45) is 3.27. The van der Waals surface area contributed by atoms with Crippen LogP contribution in [0.25, 0.3) is 0 Å². The lowest BCUT2D eigenvalue weighted by Gasteiger charge is -2.09. The Hall–Kier alpha value is -1.88. The van der Waals surface area contributed by atoms with Gasteiger partial charge in [0, 0.05) is 28.7 Å². The SMILES string of the molecule is CCNc1ccncc1C(=O)NCc1ccc(C)s1. The zero-order valence-corrected chi connectivity index (χ0v) is 11.9. The highest BCUT2D eigenvalue weighted by atomic mass is 32.1. The van der Waals surface area contributed by atoms with Crippen LogP contribution in [0.5, 0.6) is 0 Å². The predicted molar refractivity (Wildman–Crippen MR) is 78.6 cm³/mol. The van der Waals surface area contributed by atoms with Gasteiger partial charge in [-0.2, -0.15) is 0 Å². The molecule has 19 heavy (non-hydrogen) atoms. The summed E-state index contributed by atoms with van der Waals surface area (Å²) >= 11 is 1.69. The smallest absolute Gasteiger partial charge is 0.255 e. The number of rotatable bonds is 5. The average Bonchev–Trinajstić information content (AvgIpc) is 2.83. The Morgan fingerprint density at radius 2 is 2.21 bits per heavy atom. The number of thiophene rings is 1. The summed E-state index contributed by atoms with van der Waals surface area (Å²) < 4.78 is 0. The number of carbonyl (C=O) groups is 1. The monoisotopic (exact) mass is 275 g/mol. The number of carbonyl (C=O) groups excluding carboxylic acids is 1. The summed E-state index contributed by atoms with van der Waals surface area (Å²) in [5.74, 6) is -0.102. The number of amides is 1. The quantitative estimate of drug-likeness (QED) is 0.882. The molecule has 0 saturated carbocycles. The molecule has 2 heterocycles. The second-order valence-corrected chi connectivity index (χ2v) is 5.52. The van der Waals surface area contributed by atoms with Gasteiger partial charge in [-0.25, -0.2) is 0 Å². The first-order valence-corrected chi connectivity index (χ1v) is 7.03. The van der Waals surface area contributed by atoms with Gasteiger partial charge in [-0.05, 0) is 32.0 Å². The number of pyridine rings is 1. The fourth-order valence-corrected chi connectivity index (χ4v) is 2.59. The van der Waals surface area contributed by atoms with Gasteiger partial charge in [-0.15, -0.1) is 11.3 Å². The zero-order chi connectivity index (χ0) is 13.7. The van der Waals surface area contributed by atoms with Crippen molar-refractivity contribution in [3.8, 4) is 0 Å². The van der Waals surface area contributed by atoms with E-state index in [9.17, 15) is 4.79 Å². The van der Waals surface area contributed by atoms with Crippen molar-refractivity contribution >= 4 is 22.9 Å². The van der Waals surface area contributed by atoms with Crippen LogP contribution < -0.4 is 10.6 Å². The lowest BCUT2D eigenvalue weighted by Crippen LogP contribution is -2.23. The van der Waals surface area contributed by atoms with Gasteiger partial charge in [0.1, 0.15) is 0 Å². The second kappa shape index (κ2) is 6.33. The summed E-state index contributed by atoms with van der Waals surface area (Å²) in [6, 6.07) is 5.91. The van der Waals surface area contributed by atoms with Crippen LogP contribution in [0.4, 0.5) is 5.69 Å². The van der Waals surface area contributed by atoms with Gasteiger partial charge in [-0.1, -0.05) is 0 Å². The van der Waals surface area contributed by atoms with Gasteiger partial charge < -0.3 is 10.6 Å². The molecular formula is C14H17N3OS. The normalized spacial score (nSPS) is 10.2. The third-order valence-electron chi connectivity index (χ3n) is 2.65. The highest BCUT2D eigenvalue weighted by Gasteiger charge is 2.11. The summed E-state index contributed by atoms with van der Waals surface area (Å²) in [5, 5.41) is 6.08. The molecule has 0 fully saturated rings. The fraction of sp³-hybridized carbons (Fsp3) is 0.286. The molecule has 0 aliphatic heterocycles. The molecule has 4 nitrogen and oxygen atoms in total. The van der Waals surface area contributed by atoms with Crippen molar-refractivity contribution in [1.29, 1.82) is 0 Å². The lowest BCUT2D eigenvalue weighted by molar-refractivity contribution is 0.0952. The first-order valence-electron chi connectivity index (χ1n) is 6.22. The maximum absolute atomic E-state index is 12.1. The molecule has 2 aromatic rings. The molecule has 2 N–H and O–H groups in total. The molecule has 2 aromatic heterocycles. The number of hydrogen-bond acceptors (Lipinski definition) is 4. The van der Waals surface area contributed by atoms with Gasteiger partial charge in [0.05, 0.1) is 17.8 Å². The van der Waals surface area contributed by atoms with Crippen molar-refractivity contribution in [2.45, 2.75) is 20.4 Å². The average molecular weight is 275 g/mol. The third kappa shape index (κ3) is 3.54. The van der Waals surface area contributed by atoms with E-state index in [0.29, 0.717) is 12.1 Å². The van der Waals surface area contributed by atoms with E-state index in [0.717, 1.165) is 17.1 Å². The Morgan fingerprint density at radius 1 is 1.37 bits per heavy atom. The Balaban J connectivity index is 2.03. The molecule has 5 heteroatoms. The number of aromatic nitrogens is 1. The van der Waals surface area contributed by atoms with Gasteiger partial charge in [-0.3, -0.25) is 9.78 Å². The van der Waals surface area contributed by atoms with E-state index < -0.39 is 0 Å². The Morgan fingerprint density at radius 3 is 2.89 bits per heavy atom. The third-order valence-corrected chi connectivity index (χ3v) is 3.65. The van der Waals surface area contributed by atoms with Crippen molar-refractivity contribution in [1.82, 2.24) is 10.3 Å². The highest BCUT2D eigenvalue weighted by molar-refractivity contribution is 7.11. The fourth-order valence-electron chi connectivity index (χ4n) is 1.76. The Bertz CT molecular complexity index is 565. The summed E-state index contributed by atoms with van der Waals surface area (Å²) in [4.78, 5) is 18.5. The van der Waals surface area contributed by atoms with Gasteiger partial charge in [0.2, 0.25) is 0 Å². The Labute approximate surface area is 116 Å². The second-order valence-electron chi connectivity index (χ2n) is 4.15. The van der Waals surface area contributed by atoms with E-state index in [2.05, 4.69) is 28.6 Å². The largest absolute Gasteiger partial charge is 0.385 e. The van der Waals surface area contributed by atoms with E-state index in [1.165, 1.54) is 4.88 Å². The van der Waals surface area contributed by atoms with E-state index >= 15 is 0 Å². The lowest BCUT2D eigenvalue weighted by atomic mass is 10.2. The number of nitrogens with one attached hydrogen (secondary N) is 2. The molecule has 1 amide bonds. The molecule has 0 bridgehead atoms. The van der Waals surface area contributed by atoms with Crippen LogP contribution in [-0.2, 0) is 6.54 Å². The van der Waals surface area contributed by atoms with Crippen LogP contribution in [0.15, 0.2) is 30.6 Å². The predicted octanol–water partition coefficient (Wildman–Crippen LogP) is 2.81. The molecule has 0 aromatic carbocycles. The molecular weight excluding hydrogens is 258 g/mol. The molecule has 0 radical (unpaired) electrons. The maximum Gasteiger partial charge on any atom is 0.255 e. The van der Waals surface area contributed by atoms with Crippen molar-refractivity contribution < 1.29 is 4.79 Å². The van der Waals surface area contributed by atoms with E-state index in [1.807, 2.05) is 19.1 Å². The minimum atomic E-state index is -0.102. The molecule has 0 aliphatic carbocycles. The van der Waals surface area contributed by atoms with Gasteiger partial charge >= 0.3 is 0 Å².